The second-order valence-corrected chi connectivity index (χ2v) is 4.75. The highest BCUT2D eigenvalue weighted by Crippen LogP contribution is 2.31. The molecule has 0 bridgehead atoms. The SMILES string of the molecule is O=C(CCl)CC1(NC(=O)C(F)F)CCCCC1. The molecule has 3 nitrogen and oxygen atoms in total. The first-order valence-corrected chi connectivity index (χ1v) is 6.20. The Morgan fingerprint density at radius 2 is 1.82 bits per heavy atom. The summed E-state index contributed by atoms with van der Waals surface area (Å²) in [6.07, 6.45) is 0.802. The van der Waals surface area contributed by atoms with Crippen LogP contribution in [0.4, 0.5) is 8.78 Å². The van der Waals surface area contributed by atoms with Crippen LogP contribution in [0.2, 0.25) is 0 Å². The molecule has 6 heteroatoms. The second-order valence-electron chi connectivity index (χ2n) is 4.48. The largest absolute Gasteiger partial charge is 0.345 e. The Bertz CT molecular complexity index is 291. The molecule has 1 saturated carbocycles. The van der Waals surface area contributed by atoms with Crippen LogP contribution in [0.1, 0.15) is 38.5 Å². The molecule has 17 heavy (non-hydrogen) atoms. The van der Waals surface area contributed by atoms with Crippen LogP contribution in [0, 0.1) is 0 Å². The molecule has 0 atom stereocenters. The number of halogens is 3. The lowest BCUT2D eigenvalue weighted by atomic mass is 9.78. The number of alkyl halides is 3. The van der Waals surface area contributed by atoms with Crippen LogP contribution in [0.25, 0.3) is 0 Å². The quantitative estimate of drug-likeness (QED) is 0.777. The van der Waals surface area contributed by atoms with Gasteiger partial charge in [0.05, 0.1) is 5.88 Å². The Kier molecular flexibility index (Phi) is 5.31. The van der Waals surface area contributed by atoms with E-state index in [1.807, 2.05) is 0 Å². The van der Waals surface area contributed by atoms with Gasteiger partial charge in [-0.1, -0.05) is 19.3 Å². The molecular formula is C11H16ClF2NO2. The van der Waals surface area contributed by atoms with Crippen LogP contribution in [0.3, 0.4) is 0 Å². The molecule has 0 spiro atoms. The molecule has 0 aromatic carbocycles. The van der Waals surface area contributed by atoms with E-state index in [2.05, 4.69) is 5.32 Å². The molecule has 1 fully saturated rings. The Hall–Kier alpha value is -0.710. The molecule has 0 radical (unpaired) electrons. The zero-order valence-corrected chi connectivity index (χ0v) is 10.2. The number of amides is 1. The van der Waals surface area contributed by atoms with E-state index in [4.69, 9.17) is 11.6 Å². The minimum Gasteiger partial charge on any atom is -0.345 e. The van der Waals surface area contributed by atoms with Gasteiger partial charge < -0.3 is 5.32 Å². The van der Waals surface area contributed by atoms with Crippen molar-refractivity contribution >= 4 is 23.3 Å². The number of carbonyl (C=O) groups is 2. The van der Waals surface area contributed by atoms with E-state index in [1.165, 1.54) is 0 Å². The summed E-state index contributed by atoms with van der Waals surface area (Å²) in [5, 5.41) is 2.33. The summed E-state index contributed by atoms with van der Waals surface area (Å²) in [5.41, 5.74) is -0.808. The van der Waals surface area contributed by atoms with Gasteiger partial charge in [-0.05, 0) is 12.8 Å². The van der Waals surface area contributed by atoms with Crippen LogP contribution in [-0.2, 0) is 9.59 Å². The predicted molar refractivity (Wildman–Crippen MR) is 60.3 cm³/mol. The van der Waals surface area contributed by atoms with E-state index in [0.717, 1.165) is 19.3 Å². The number of ketones is 1. The van der Waals surface area contributed by atoms with Crippen LogP contribution in [0.15, 0.2) is 0 Å². The maximum atomic E-state index is 12.2. The van der Waals surface area contributed by atoms with Crippen molar-refractivity contribution in [3.8, 4) is 0 Å². The van der Waals surface area contributed by atoms with E-state index in [9.17, 15) is 18.4 Å². The number of Topliss-reactive ketones (excluding diaryl/α,β-unsaturated/α-hetero) is 1. The van der Waals surface area contributed by atoms with Crippen molar-refractivity contribution in [3.05, 3.63) is 0 Å². The number of nitrogens with one attached hydrogen (secondary N) is 1. The highest BCUT2D eigenvalue weighted by molar-refractivity contribution is 6.27. The average molecular weight is 268 g/mol. The molecule has 0 aromatic rings. The Labute approximate surface area is 104 Å². The van der Waals surface area contributed by atoms with E-state index in [-0.39, 0.29) is 18.1 Å². The minimum atomic E-state index is -3.04. The molecule has 1 N–H and O–H groups in total. The molecule has 1 rings (SSSR count). The maximum Gasteiger partial charge on any atom is 0.315 e. The molecule has 0 aromatic heterocycles. The van der Waals surface area contributed by atoms with Gasteiger partial charge >= 0.3 is 6.43 Å². The maximum absolute atomic E-state index is 12.2. The van der Waals surface area contributed by atoms with Gasteiger partial charge in [0, 0.05) is 12.0 Å². The minimum absolute atomic E-state index is 0.0506. The Morgan fingerprint density at radius 3 is 2.29 bits per heavy atom. The molecule has 0 unspecified atom stereocenters. The zero-order chi connectivity index (χ0) is 12.9. The van der Waals surface area contributed by atoms with Gasteiger partial charge in [0.15, 0.2) is 0 Å². The summed E-state index contributed by atoms with van der Waals surface area (Å²) in [7, 11) is 0. The van der Waals surface area contributed by atoms with Crippen LogP contribution in [0.5, 0.6) is 0 Å². The molecular weight excluding hydrogens is 252 g/mol. The van der Waals surface area contributed by atoms with E-state index in [1.54, 1.807) is 0 Å². The standard InChI is InChI=1S/C11H16ClF2NO2/c12-7-8(16)6-11(4-2-1-3-5-11)15-10(17)9(13)14/h9H,1-7H2,(H,15,17). The number of rotatable bonds is 5. The first-order valence-electron chi connectivity index (χ1n) is 5.67. The molecule has 0 aliphatic heterocycles. The van der Waals surface area contributed by atoms with Crippen molar-refractivity contribution in [1.29, 1.82) is 0 Å². The highest BCUT2D eigenvalue weighted by atomic mass is 35.5. The molecule has 1 amide bonds. The van der Waals surface area contributed by atoms with E-state index in [0.29, 0.717) is 12.8 Å². The van der Waals surface area contributed by atoms with Crippen LogP contribution in [-0.4, -0.2) is 29.5 Å². The topological polar surface area (TPSA) is 46.2 Å². The normalized spacial score (nSPS) is 19.1. The van der Waals surface area contributed by atoms with E-state index >= 15 is 0 Å². The molecule has 1 aliphatic rings. The Morgan fingerprint density at radius 1 is 1.24 bits per heavy atom. The fourth-order valence-corrected chi connectivity index (χ4v) is 2.41. The van der Waals surface area contributed by atoms with Gasteiger partial charge in [0.2, 0.25) is 0 Å². The average Bonchev–Trinajstić information content (AvgIpc) is 2.29. The fraction of sp³-hybridized carbons (Fsp3) is 0.818. The van der Waals surface area contributed by atoms with Gasteiger partial charge in [-0.15, -0.1) is 11.6 Å². The van der Waals surface area contributed by atoms with Crippen molar-refractivity contribution < 1.29 is 18.4 Å². The van der Waals surface area contributed by atoms with Gasteiger partial charge in [0.25, 0.3) is 5.91 Å². The fourth-order valence-electron chi connectivity index (χ4n) is 2.32. The first-order chi connectivity index (χ1) is 7.99. The van der Waals surface area contributed by atoms with Crippen molar-refractivity contribution in [2.45, 2.75) is 50.5 Å². The van der Waals surface area contributed by atoms with Gasteiger partial charge in [-0.3, -0.25) is 9.59 Å². The van der Waals surface area contributed by atoms with Crippen LogP contribution >= 0.6 is 11.6 Å². The lowest BCUT2D eigenvalue weighted by Gasteiger charge is -2.37. The predicted octanol–water partition coefficient (Wildman–Crippen LogP) is 2.27. The van der Waals surface area contributed by atoms with Gasteiger partial charge in [-0.2, -0.15) is 8.78 Å². The summed E-state index contributed by atoms with van der Waals surface area (Å²) < 4.78 is 24.5. The number of hydrogen-bond donors (Lipinski definition) is 1. The molecule has 1 aliphatic carbocycles. The van der Waals surface area contributed by atoms with Gasteiger partial charge in [0.1, 0.15) is 5.78 Å². The molecule has 0 saturated heterocycles. The second kappa shape index (κ2) is 6.28. The molecule has 98 valence electrons. The van der Waals surface area contributed by atoms with Gasteiger partial charge in [-0.25, -0.2) is 0 Å². The monoisotopic (exact) mass is 267 g/mol. The first kappa shape index (κ1) is 14.4. The zero-order valence-electron chi connectivity index (χ0n) is 9.48. The third-order valence-electron chi connectivity index (χ3n) is 3.08. The highest BCUT2D eigenvalue weighted by Gasteiger charge is 2.37. The van der Waals surface area contributed by atoms with Crippen molar-refractivity contribution in [2.24, 2.45) is 0 Å². The third-order valence-corrected chi connectivity index (χ3v) is 3.38. The summed E-state index contributed by atoms with van der Waals surface area (Å²) in [4.78, 5) is 22.4. The smallest absolute Gasteiger partial charge is 0.315 e. The van der Waals surface area contributed by atoms with Crippen molar-refractivity contribution in [1.82, 2.24) is 5.32 Å². The van der Waals surface area contributed by atoms with Crippen molar-refractivity contribution in [3.63, 3.8) is 0 Å². The summed E-state index contributed by atoms with van der Waals surface area (Å²) in [5.74, 6) is -1.66. The van der Waals surface area contributed by atoms with E-state index < -0.39 is 17.9 Å². The number of carbonyl (C=O) groups excluding carboxylic acids is 2. The summed E-state index contributed by atoms with van der Waals surface area (Å²) >= 11 is 5.42. The van der Waals surface area contributed by atoms with Crippen LogP contribution < -0.4 is 5.32 Å². The Balaban J connectivity index is 2.71. The lowest BCUT2D eigenvalue weighted by molar-refractivity contribution is -0.134. The summed E-state index contributed by atoms with van der Waals surface area (Å²) in [6.45, 7) is 0. The van der Waals surface area contributed by atoms with Crippen molar-refractivity contribution in [2.75, 3.05) is 5.88 Å². The molecule has 0 heterocycles. The lowest BCUT2D eigenvalue weighted by Crippen LogP contribution is -2.52. The third kappa shape index (κ3) is 4.22. The summed E-state index contributed by atoms with van der Waals surface area (Å²) in [6, 6.07) is 0. The number of hydrogen-bond acceptors (Lipinski definition) is 2.